The summed E-state index contributed by atoms with van der Waals surface area (Å²) >= 11 is 5.36. The zero-order valence-electron chi connectivity index (χ0n) is 19.3. The Bertz CT molecular complexity index is 1470. The van der Waals surface area contributed by atoms with Crippen LogP contribution in [0.2, 0.25) is 0 Å². The zero-order chi connectivity index (χ0) is 25.1. The fourth-order valence-electron chi connectivity index (χ4n) is 4.64. The van der Waals surface area contributed by atoms with Gasteiger partial charge in [-0.15, -0.1) is 4.73 Å². The topological polar surface area (TPSA) is 110 Å². The van der Waals surface area contributed by atoms with Gasteiger partial charge in [0.05, 0.1) is 5.39 Å². The van der Waals surface area contributed by atoms with Crippen LogP contribution >= 0.6 is 11.9 Å². The van der Waals surface area contributed by atoms with E-state index in [1.165, 1.54) is 6.20 Å². The van der Waals surface area contributed by atoms with Crippen molar-refractivity contribution in [3.05, 3.63) is 82.9 Å². The molecule has 4 aromatic rings. The van der Waals surface area contributed by atoms with Crippen LogP contribution in [-0.4, -0.2) is 43.4 Å². The predicted molar refractivity (Wildman–Crippen MR) is 136 cm³/mol. The Morgan fingerprint density at radius 1 is 1.11 bits per heavy atom. The maximum Gasteiger partial charge on any atom is 0.384 e. The second-order valence-corrected chi connectivity index (χ2v) is 8.87. The number of pyridine rings is 1. The molecule has 5 rings (SSSR count). The normalized spacial score (nSPS) is 16.1. The van der Waals surface area contributed by atoms with Crippen molar-refractivity contribution >= 4 is 40.4 Å². The highest BCUT2D eigenvalue weighted by molar-refractivity contribution is 6.13. The van der Waals surface area contributed by atoms with E-state index in [9.17, 15) is 14.8 Å². The number of rotatable bonds is 6. The first-order chi connectivity index (χ1) is 17.5. The number of piperidine rings is 1. The van der Waals surface area contributed by atoms with Crippen molar-refractivity contribution in [2.45, 2.75) is 31.8 Å². The highest BCUT2D eigenvalue weighted by Gasteiger charge is 2.30. The van der Waals surface area contributed by atoms with Gasteiger partial charge in [-0.05, 0) is 66.4 Å². The summed E-state index contributed by atoms with van der Waals surface area (Å²) in [4.78, 5) is 34.4. The number of fused-ring (bicyclic) bond motifs is 1. The Kier molecular flexibility index (Phi) is 6.84. The Balaban J connectivity index is 1.40. The van der Waals surface area contributed by atoms with Crippen molar-refractivity contribution in [2.24, 2.45) is 0 Å². The van der Waals surface area contributed by atoms with Crippen molar-refractivity contribution in [3.8, 4) is 11.1 Å². The summed E-state index contributed by atoms with van der Waals surface area (Å²) in [7, 11) is 0. The Hall–Kier alpha value is -3.95. The molecule has 1 aliphatic heterocycles. The first-order valence-corrected chi connectivity index (χ1v) is 11.9. The molecule has 1 saturated heterocycles. The van der Waals surface area contributed by atoms with Crippen LogP contribution in [0.15, 0.2) is 71.7 Å². The highest BCUT2D eigenvalue weighted by Crippen LogP contribution is 2.28. The van der Waals surface area contributed by atoms with Crippen LogP contribution in [0.5, 0.6) is 0 Å². The summed E-state index contributed by atoms with van der Waals surface area (Å²) in [5.41, 5.74) is 3.08. The van der Waals surface area contributed by atoms with Crippen LogP contribution in [0.1, 0.15) is 24.8 Å². The predicted octanol–water partition coefficient (Wildman–Crippen LogP) is 4.49. The summed E-state index contributed by atoms with van der Waals surface area (Å²) in [6.45, 7) is 1.42. The number of carbonyl (C=O) groups is 1. The fourth-order valence-corrected chi connectivity index (χ4v) is 4.74. The maximum absolute atomic E-state index is 12.1. The standard InChI is InChI=1S/C26H24ClN5O4/c27-36-25(33)22-11-1-2-13-31(22)16-17-6-3-7-18(14-17)19-8-4-9-20(15-19)29-23-21-10-5-12-28-24(21)32(35)26(34)30-23/h3-10,12,14-15,22,35H,1-2,11,13,16H2,(H,29,30,34). The second-order valence-electron chi connectivity index (χ2n) is 8.71. The molecule has 2 aromatic heterocycles. The van der Waals surface area contributed by atoms with Gasteiger partial charge in [0.1, 0.15) is 23.7 Å². The third kappa shape index (κ3) is 4.89. The number of carbonyl (C=O) groups excluding carboxylic acids is 1. The molecular weight excluding hydrogens is 482 g/mol. The highest BCUT2D eigenvalue weighted by atomic mass is 35.5. The number of halogens is 1. The van der Waals surface area contributed by atoms with E-state index in [4.69, 9.17) is 11.9 Å². The molecule has 3 heterocycles. The first kappa shape index (κ1) is 23.8. The molecule has 0 spiro atoms. The van der Waals surface area contributed by atoms with Gasteiger partial charge in [-0.25, -0.2) is 14.6 Å². The summed E-state index contributed by atoms with van der Waals surface area (Å²) < 4.78 is 4.93. The number of nitrogens with one attached hydrogen (secondary N) is 1. The van der Waals surface area contributed by atoms with Gasteiger partial charge in [0, 0.05) is 18.4 Å². The lowest BCUT2D eigenvalue weighted by atomic mass is 9.99. The van der Waals surface area contributed by atoms with Crippen LogP contribution in [-0.2, 0) is 15.6 Å². The van der Waals surface area contributed by atoms with Gasteiger partial charge in [0.15, 0.2) is 5.65 Å². The van der Waals surface area contributed by atoms with E-state index in [0.717, 1.165) is 48.2 Å². The minimum absolute atomic E-state index is 0.123. The Morgan fingerprint density at radius 2 is 1.92 bits per heavy atom. The monoisotopic (exact) mass is 505 g/mol. The van der Waals surface area contributed by atoms with E-state index in [2.05, 4.69) is 30.5 Å². The number of nitrogens with zero attached hydrogens (tertiary/aromatic N) is 4. The van der Waals surface area contributed by atoms with Gasteiger partial charge in [-0.3, -0.25) is 4.90 Å². The van der Waals surface area contributed by atoms with Crippen molar-refractivity contribution in [1.82, 2.24) is 19.6 Å². The summed E-state index contributed by atoms with van der Waals surface area (Å²) in [6, 6.07) is 19.0. The van der Waals surface area contributed by atoms with E-state index < -0.39 is 11.7 Å². The molecule has 9 nitrogen and oxygen atoms in total. The van der Waals surface area contributed by atoms with Crippen LogP contribution in [0.4, 0.5) is 11.5 Å². The lowest BCUT2D eigenvalue weighted by Gasteiger charge is -2.33. The smallest absolute Gasteiger partial charge is 0.384 e. The maximum atomic E-state index is 12.1. The van der Waals surface area contributed by atoms with Crippen LogP contribution < -0.4 is 11.0 Å². The molecule has 0 radical (unpaired) electrons. The average molecular weight is 506 g/mol. The average Bonchev–Trinajstić information content (AvgIpc) is 2.92. The molecule has 0 bridgehead atoms. The summed E-state index contributed by atoms with van der Waals surface area (Å²) in [5, 5.41) is 13.7. The number of likely N-dealkylation sites (tertiary alicyclic amines) is 1. The number of aromatic nitrogens is 3. The minimum atomic E-state index is -0.818. The number of hydrogen-bond donors (Lipinski definition) is 2. The molecule has 2 N–H and O–H groups in total. The van der Waals surface area contributed by atoms with E-state index in [1.54, 1.807) is 12.1 Å². The van der Waals surface area contributed by atoms with E-state index in [0.29, 0.717) is 22.5 Å². The summed E-state index contributed by atoms with van der Waals surface area (Å²) in [6.07, 6.45) is 4.23. The molecule has 36 heavy (non-hydrogen) atoms. The van der Waals surface area contributed by atoms with E-state index in [-0.39, 0.29) is 11.7 Å². The Morgan fingerprint density at radius 3 is 2.75 bits per heavy atom. The molecule has 184 valence electrons. The van der Waals surface area contributed by atoms with Crippen molar-refractivity contribution < 1.29 is 14.3 Å². The van der Waals surface area contributed by atoms with Gasteiger partial charge in [-0.1, -0.05) is 36.8 Å². The van der Waals surface area contributed by atoms with Crippen molar-refractivity contribution in [1.29, 1.82) is 0 Å². The number of benzene rings is 2. The van der Waals surface area contributed by atoms with Crippen molar-refractivity contribution in [2.75, 3.05) is 11.9 Å². The molecule has 2 aromatic carbocycles. The van der Waals surface area contributed by atoms with E-state index >= 15 is 0 Å². The molecule has 1 fully saturated rings. The Labute approximate surface area is 212 Å². The van der Waals surface area contributed by atoms with Gasteiger partial charge in [-0.2, -0.15) is 4.98 Å². The quantitative estimate of drug-likeness (QED) is 0.369. The van der Waals surface area contributed by atoms with Crippen LogP contribution in [0, 0.1) is 0 Å². The third-order valence-electron chi connectivity index (χ3n) is 6.36. The van der Waals surface area contributed by atoms with Gasteiger partial charge in [0.2, 0.25) is 0 Å². The molecule has 1 atom stereocenters. The number of hydrogen-bond acceptors (Lipinski definition) is 8. The lowest BCUT2D eigenvalue weighted by Crippen LogP contribution is -2.44. The van der Waals surface area contributed by atoms with Crippen LogP contribution in [0.3, 0.4) is 0 Å². The zero-order valence-corrected chi connectivity index (χ0v) is 20.1. The fraction of sp³-hybridized carbons (Fsp3) is 0.231. The molecule has 10 heteroatoms. The van der Waals surface area contributed by atoms with Gasteiger partial charge in [0.25, 0.3) is 0 Å². The van der Waals surface area contributed by atoms with Gasteiger partial charge >= 0.3 is 11.7 Å². The molecule has 0 amide bonds. The SMILES string of the molecule is O=C(OCl)C1CCCCN1Cc1cccc(-c2cccc(Nc3nc(=O)n(O)c4ncccc34)c2)c1. The van der Waals surface area contributed by atoms with Gasteiger partial charge < -0.3 is 14.8 Å². The molecule has 1 aliphatic rings. The molecule has 0 aliphatic carbocycles. The third-order valence-corrected chi connectivity index (χ3v) is 6.52. The molecule has 0 saturated carbocycles. The minimum Gasteiger partial charge on any atom is -0.422 e. The molecular formula is C26H24ClN5O4. The largest absolute Gasteiger partial charge is 0.422 e. The van der Waals surface area contributed by atoms with Crippen molar-refractivity contribution in [3.63, 3.8) is 0 Å². The number of anilines is 2. The van der Waals surface area contributed by atoms with Crippen LogP contribution in [0.25, 0.3) is 22.2 Å². The lowest BCUT2D eigenvalue weighted by molar-refractivity contribution is -0.141. The molecule has 1 unspecified atom stereocenters. The van der Waals surface area contributed by atoms with E-state index in [1.807, 2.05) is 42.5 Å². The second kappa shape index (κ2) is 10.3. The first-order valence-electron chi connectivity index (χ1n) is 11.6. The summed E-state index contributed by atoms with van der Waals surface area (Å²) in [5.74, 6) is -0.0990.